The van der Waals surface area contributed by atoms with Crippen LogP contribution >= 0.6 is 11.8 Å². The van der Waals surface area contributed by atoms with Gasteiger partial charge in [0, 0.05) is 6.54 Å². The van der Waals surface area contributed by atoms with Crippen molar-refractivity contribution >= 4 is 23.6 Å². The van der Waals surface area contributed by atoms with Crippen molar-refractivity contribution < 1.29 is 14.7 Å². The Morgan fingerprint density at radius 2 is 2.04 bits per heavy atom. The number of thioether (sulfide) groups is 1. The molecule has 3 N–H and O–H groups in total. The molecule has 124 valence electrons. The minimum atomic E-state index is -0.425. The van der Waals surface area contributed by atoms with E-state index in [1.807, 2.05) is 44.2 Å². The SMILES string of the molecule is CC(C)CNC(=O)CSC1=C(O)C(Cc2ccccc2)NC1=O. The number of carbonyl (C=O) groups is 2. The van der Waals surface area contributed by atoms with E-state index in [0.717, 1.165) is 17.3 Å². The lowest BCUT2D eigenvalue weighted by Crippen LogP contribution is -2.31. The van der Waals surface area contributed by atoms with Gasteiger partial charge in [0.1, 0.15) is 10.7 Å². The molecule has 1 atom stereocenters. The monoisotopic (exact) mass is 334 g/mol. The molecule has 1 aromatic carbocycles. The Labute approximate surface area is 140 Å². The molecule has 2 amide bonds. The number of benzene rings is 1. The molecule has 1 unspecified atom stereocenters. The van der Waals surface area contributed by atoms with Crippen molar-refractivity contribution in [2.45, 2.75) is 26.3 Å². The van der Waals surface area contributed by atoms with Crippen molar-refractivity contribution in [2.75, 3.05) is 12.3 Å². The molecule has 2 rings (SSSR count). The molecule has 0 radical (unpaired) electrons. The molecule has 0 aliphatic carbocycles. The van der Waals surface area contributed by atoms with E-state index in [0.29, 0.717) is 18.9 Å². The zero-order valence-corrected chi connectivity index (χ0v) is 14.2. The van der Waals surface area contributed by atoms with E-state index in [1.165, 1.54) is 0 Å². The summed E-state index contributed by atoms with van der Waals surface area (Å²) in [6.07, 6.45) is 0.530. The fourth-order valence-corrected chi connectivity index (χ4v) is 3.07. The Bertz CT molecular complexity index is 599. The maximum atomic E-state index is 12.0. The van der Waals surface area contributed by atoms with Gasteiger partial charge in [-0.1, -0.05) is 44.2 Å². The molecule has 0 fully saturated rings. The van der Waals surface area contributed by atoms with Gasteiger partial charge in [-0.05, 0) is 17.9 Å². The van der Waals surface area contributed by atoms with Crippen LogP contribution in [0.15, 0.2) is 41.0 Å². The molecule has 0 saturated heterocycles. The van der Waals surface area contributed by atoms with Gasteiger partial charge in [-0.15, -0.1) is 11.8 Å². The molecule has 1 heterocycles. The van der Waals surface area contributed by atoms with E-state index >= 15 is 0 Å². The standard InChI is InChI=1S/C17H22N2O3S/c1-11(2)9-18-14(20)10-23-16-15(21)13(19-17(16)22)8-12-6-4-3-5-7-12/h3-7,11,13,21H,8-10H2,1-2H3,(H,18,20)(H,19,22). The number of rotatable bonds is 7. The van der Waals surface area contributed by atoms with Crippen LogP contribution in [0.25, 0.3) is 0 Å². The maximum absolute atomic E-state index is 12.0. The van der Waals surface area contributed by atoms with Crippen LogP contribution < -0.4 is 10.6 Å². The molecule has 0 saturated carbocycles. The number of aliphatic hydroxyl groups excluding tert-OH is 1. The third kappa shape index (κ3) is 5.03. The van der Waals surface area contributed by atoms with Gasteiger partial charge in [0.05, 0.1) is 11.8 Å². The first kappa shape index (κ1) is 17.4. The molecule has 1 aromatic rings. The van der Waals surface area contributed by atoms with Gasteiger partial charge in [-0.2, -0.15) is 0 Å². The van der Waals surface area contributed by atoms with Crippen molar-refractivity contribution in [3.8, 4) is 0 Å². The minimum absolute atomic E-state index is 0.0283. The summed E-state index contributed by atoms with van der Waals surface area (Å²) in [5.41, 5.74) is 1.03. The highest BCUT2D eigenvalue weighted by Gasteiger charge is 2.32. The fourth-order valence-electron chi connectivity index (χ4n) is 2.21. The Hall–Kier alpha value is -1.95. The number of hydrogen-bond acceptors (Lipinski definition) is 4. The number of carbonyl (C=O) groups excluding carboxylic acids is 2. The second kappa shape index (κ2) is 8.06. The molecule has 6 heteroatoms. The molecular weight excluding hydrogens is 312 g/mol. The average Bonchev–Trinajstić information content (AvgIpc) is 2.78. The second-order valence-corrected chi connectivity index (χ2v) is 6.90. The van der Waals surface area contributed by atoms with E-state index in [9.17, 15) is 14.7 Å². The molecule has 1 aliphatic rings. The maximum Gasteiger partial charge on any atom is 0.261 e. The third-order valence-corrected chi connectivity index (χ3v) is 4.50. The first-order chi connectivity index (χ1) is 11.0. The normalized spacial score (nSPS) is 17.5. The van der Waals surface area contributed by atoms with Gasteiger partial charge in [0.15, 0.2) is 0 Å². The Morgan fingerprint density at radius 1 is 1.35 bits per heavy atom. The van der Waals surface area contributed by atoms with Gasteiger partial charge in [-0.3, -0.25) is 9.59 Å². The summed E-state index contributed by atoms with van der Waals surface area (Å²) in [6.45, 7) is 4.63. The highest BCUT2D eigenvalue weighted by molar-refractivity contribution is 8.04. The summed E-state index contributed by atoms with van der Waals surface area (Å²) in [5.74, 6) is 0.0768. The second-order valence-electron chi connectivity index (χ2n) is 5.92. The predicted molar refractivity (Wildman–Crippen MR) is 92.0 cm³/mol. The zero-order chi connectivity index (χ0) is 16.8. The van der Waals surface area contributed by atoms with Crippen molar-refractivity contribution in [3.63, 3.8) is 0 Å². The summed E-state index contributed by atoms with van der Waals surface area (Å²) in [4.78, 5) is 23.9. The molecule has 0 bridgehead atoms. The van der Waals surface area contributed by atoms with Gasteiger partial charge in [0.25, 0.3) is 5.91 Å². The largest absolute Gasteiger partial charge is 0.509 e. The molecule has 0 spiro atoms. The first-order valence-electron chi connectivity index (χ1n) is 7.64. The Morgan fingerprint density at radius 3 is 2.70 bits per heavy atom. The van der Waals surface area contributed by atoms with Gasteiger partial charge >= 0.3 is 0 Å². The predicted octanol–water partition coefficient (Wildman–Crippen LogP) is 2.00. The van der Waals surface area contributed by atoms with Crippen molar-refractivity contribution in [2.24, 2.45) is 5.92 Å². The van der Waals surface area contributed by atoms with E-state index in [1.54, 1.807) is 0 Å². The molecule has 5 nitrogen and oxygen atoms in total. The quantitative estimate of drug-likeness (QED) is 0.713. The summed E-state index contributed by atoms with van der Waals surface area (Å²) in [7, 11) is 0. The minimum Gasteiger partial charge on any atom is -0.509 e. The summed E-state index contributed by atoms with van der Waals surface area (Å²) in [5, 5.41) is 15.8. The van der Waals surface area contributed by atoms with Crippen LogP contribution in [-0.2, 0) is 16.0 Å². The lowest BCUT2D eigenvalue weighted by molar-refractivity contribution is -0.118. The van der Waals surface area contributed by atoms with Gasteiger partial charge in [-0.25, -0.2) is 0 Å². The van der Waals surface area contributed by atoms with E-state index in [2.05, 4.69) is 10.6 Å². The third-order valence-electron chi connectivity index (χ3n) is 3.41. The summed E-state index contributed by atoms with van der Waals surface area (Å²) < 4.78 is 0. The highest BCUT2D eigenvalue weighted by atomic mass is 32.2. The zero-order valence-electron chi connectivity index (χ0n) is 13.3. The lowest BCUT2D eigenvalue weighted by Gasteiger charge is -2.10. The fraction of sp³-hybridized carbons (Fsp3) is 0.412. The van der Waals surface area contributed by atoms with Crippen molar-refractivity contribution in [3.05, 3.63) is 46.6 Å². The average molecular weight is 334 g/mol. The van der Waals surface area contributed by atoms with Crippen LogP contribution in [0.5, 0.6) is 0 Å². The summed E-state index contributed by atoms with van der Waals surface area (Å²) >= 11 is 1.08. The van der Waals surface area contributed by atoms with Crippen LogP contribution in [0, 0.1) is 5.92 Å². The van der Waals surface area contributed by atoms with Crippen LogP contribution in [0.3, 0.4) is 0 Å². The molecule has 23 heavy (non-hydrogen) atoms. The Kier molecular flexibility index (Phi) is 6.10. The van der Waals surface area contributed by atoms with E-state index in [-0.39, 0.29) is 28.2 Å². The molecular formula is C17H22N2O3S. The number of aliphatic hydroxyl groups is 1. The van der Waals surface area contributed by atoms with Crippen molar-refractivity contribution in [1.29, 1.82) is 0 Å². The molecule has 0 aromatic heterocycles. The van der Waals surface area contributed by atoms with Crippen LogP contribution in [0.2, 0.25) is 0 Å². The van der Waals surface area contributed by atoms with Gasteiger partial charge < -0.3 is 15.7 Å². The number of amides is 2. The summed E-state index contributed by atoms with van der Waals surface area (Å²) in [6, 6.07) is 9.23. The van der Waals surface area contributed by atoms with Crippen LogP contribution in [0.1, 0.15) is 19.4 Å². The van der Waals surface area contributed by atoms with E-state index in [4.69, 9.17) is 0 Å². The highest BCUT2D eigenvalue weighted by Crippen LogP contribution is 2.27. The van der Waals surface area contributed by atoms with Crippen molar-refractivity contribution in [1.82, 2.24) is 10.6 Å². The van der Waals surface area contributed by atoms with Gasteiger partial charge in [0.2, 0.25) is 5.91 Å². The Balaban J connectivity index is 1.92. The topological polar surface area (TPSA) is 78.4 Å². The number of hydrogen-bond donors (Lipinski definition) is 3. The van der Waals surface area contributed by atoms with Crippen LogP contribution in [-0.4, -0.2) is 35.3 Å². The van der Waals surface area contributed by atoms with E-state index < -0.39 is 6.04 Å². The lowest BCUT2D eigenvalue weighted by atomic mass is 10.1. The smallest absolute Gasteiger partial charge is 0.261 e. The number of nitrogens with one attached hydrogen (secondary N) is 2. The van der Waals surface area contributed by atoms with Crippen LogP contribution in [0.4, 0.5) is 0 Å². The first-order valence-corrected chi connectivity index (χ1v) is 8.63. The molecule has 1 aliphatic heterocycles.